The average Bonchev–Trinajstić information content (AvgIpc) is 3.52. The Kier molecular flexibility index (Phi) is 6.57. The van der Waals surface area contributed by atoms with E-state index in [-0.39, 0.29) is 23.8 Å². The molecule has 0 bridgehead atoms. The Balaban J connectivity index is 1.50. The molecular weight excluding hydrogens is 468 g/mol. The molecule has 2 fully saturated rings. The minimum absolute atomic E-state index is 0.0337. The molecule has 12 nitrogen and oxygen atoms in total. The van der Waals surface area contributed by atoms with Crippen molar-refractivity contribution in [2.24, 2.45) is 0 Å². The number of nitrogens with one attached hydrogen (secondary N) is 1. The Morgan fingerprint density at radius 3 is 2.82 bits per heavy atom. The fraction of sp³-hybridized carbons (Fsp3) is 0.429. The number of ketones is 1. The van der Waals surface area contributed by atoms with Crippen LogP contribution in [0.15, 0.2) is 52.2 Å². The largest absolute Gasteiger partial charge is 0.619 e. The van der Waals surface area contributed by atoms with Crippen LogP contribution in [0.1, 0.15) is 26.2 Å². The molecule has 4 heterocycles. The van der Waals surface area contributed by atoms with Crippen molar-refractivity contribution in [3.63, 3.8) is 0 Å². The van der Waals surface area contributed by atoms with Crippen LogP contribution in [0.3, 0.4) is 0 Å². The molecule has 2 aromatic heterocycles. The molecule has 1 N–H and O–H groups in total. The fourth-order valence-electron chi connectivity index (χ4n) is 4.39. The van der Waals surface area contributed by atoms with E-state index in [0.29, 0.717) is 17.6 Å². The number of amides is 2. The van der Waals surface area contributed by atoms with Crippen LogP contribution in [0.5, 0.6) is 5.95 Å². The number of carbonyl (C=O) groups is 3. The number of likely N-dealkylation sites (tertiary alicyclic amines) is 1. The molecule has 2 aliphatic heterocycles. The zero-order chi connectivity index (χ0) is 24.5. The Labute approximate surface area is 195 Å². The van der Waals surface area contributed by atoms with Crippen LogP contribution in [0, 0.1) is 5.21 Å². The van der Waals surface area contributed by atoms with Crippen LogP contribution >= 0.6 is 0 Å². The van der Waals surface area contributed by atoms with E-state index in [2.05, 4.69) is 5.32 Å². The van der Waals surface area contributed by atoms with Crippen LogP contribution in [0.4, 0.5) is 4.79 Å². The lowest BCUT2D eigenvalue weighted by Gasteiger charge is -2.27. The van der Waals surface area contributed by atoms with E-state index in [1.54, 1.807) is 6.07 Å². The molecule has 2 amide bonds. The lowest BCUT2D eigenvalue weighted by molar-refractivity contribution is -0.607. The van der Waals surface area contributed by atoms with E-state index < -0.39 is 52.5 Å². The van der Waals surface area contributed by atoms with Crippen molar-refractivity contribution in [1.29, 1.82) is 0 Å². The number of aromatic nitrogens is 1. The second-order valence-electron chi connectivity index (χ2n) is 8.06. The van der Waals surface area contributed by atoms with E-state index >= 15 is 0 Å². The summed E-state index contributed by atoms with van der Waals surface area (Å²) in [6.07, 6.45) is 3.65. The molecule has 0 spiro atoms. The van der Waals surface area contributed by atoms with Crippen LogP contribution in [-0.2, 0) is 19.6 Å². The normalized spacial score (nSPS) is 21.3. The number of hydrogen-bond acceptors (Lipinski definition) is 8. The van der Waals surface area contributed by atoms with Crippen LogP contribution in [0.25, 0.3) is 0 Å². The molecule has 0 aromatic carbocycles. The number of pyridine rings is 1. The molecule has 13 heteroatoms. The average molecular weight is 493 g/mol. The molecule has 182 valence electrons. The van der Waals surface area contributed by atoms with Crippen molar-refractivity contribution in [2.45, 2.75) is 49.2 Å². The summed E-state index contributed by atoms with van der Waals surface area (Å²) in [4.78, 5) is 39.5. The second kappa shape index (κ2) is 9.43. The first-order valence-electron chi connectivity index (χ1n) is 10.8. The molecule has 3 unspecified atom stereocenters. The highest BCUT2D eigenvalue weighted by molar-refractivity contribution is 7.89. The van der Waals surface area contributed by atoms with Gasteiger partial charge in [0, 0.05) is 18.7 Å². The van der Waals surface area contributed by atoms with Gasteiger partial charge in [0.2, 0.25) is 15.9 Å². The van der Waals surface area contributed by atoms with Gasteiger partial charge in [0.25, 0.3) is 5.95 Å². The highest BCUT2D eigenvalue weighted by Crippen LogP contribution is 2.34. The standard InChI is InChI=1S/C21H24N4O8S/c1-2-5-15(22-21(28)33-18-7-4-11-32-18)20(27)24-10-8-16-19(24)17(26)13-25(16)34(30,31)14-6-3-9-23(29)12-14/h3-4,6-7,9,11-12,15-16,19H,2,5,8,10,13H2,1H3,(H,22,28). The number of Topliss-reactive ketones (excluding diaryl/α,β-unsaturated/α-hetero) is 1. The van der Waals surface area contributed by atoms with E-state index in [0.717, 1.165) is 16.7 Å². The van der Waals surface area contributed by atoms with Gasteiger partial charge >= 0.3 is 6.09 Å². The van der Waals surface area contributed by atoms with Crippen molar-refractivity contribution in [3.05, 3.63) is 48.1 Å². The van der Waals surface area contributed by atoms with Crippen molar-refractivity contribution >= 4 is 27.8 Å². The predicted molar refractivity (Wildman–Crippen MR) is 115 cm³/mol. The molecule has 0 radical (unpaired) electrons. The topological polar surface area (TPSA) is 153 Å². The maximum absolute atomic E-state index is 13.3. The van der Waals surface area contributed by atoms with Gasteiger partial charge in [-0.1, -0.05) is 13.3 Å². The smallest absolute Gasteiger partial charge is 0.415 e. The third-order valence-electron chi connectivity index (χ3n) is 5.87. The number of carbonyl (C=O) groups excluding carboxylic acids is 3. The number of furan rings is 1. The molecule has 0 aliphatic carbocycles. The third kappa shape index (κ3) is 4.48. The third-order valence-corrected chi connectivity index (χ3v) is 7.73. The number of hydrogen-bond donors (Lipinski definition) is 1. The number of sulfonamides is 1. The summed E-state index contributed by atoms with van der Waals surface area (Å²) in [7, 11) is -4.12. The summed E-state index contributed by atoms with van der Waals surface area (Å²) in [5.41, 5.74) is 0. The summed E-state index contributed by atoms with van der Waals surface area (Å²) in [5.74, 6) is -0.942. The monoisotopic (exact) mass is 492 g/mol. The minimum Gasteiger partial charge on any atom is -0.619 e. The summed E-state index contributed by atoms with van der Waals surface area (Å²) >= 11 is 0. The Hall–Kier alpha value is -3.45. The Morgan fingerprint density at radius 2 is 2.15 bits per heavy atom. The quantitative estimate of drug-likeness (QED) is 0.431. The van der Waals surface area contributed by atoms with Crippen molar-refractivity contribution in [3.8, 4) is 5.95 Å². The van der Waals surface area contributed by atoms with Crippen LogP contribution in [-0.4, -0.2) is 66.6 Å². The van der Waals surface area contributed by atoms with E-state index in [1.807, 2.05) is 6.92 Å². The first-order valence-corrected chi connectivity index (χ1v) is 12.2. The van der Waals surface area contributed by atoms with Gasteiger partial charge in [0.05, 0.1) is 18.8 Å². The number of fused-ring (bicyclic) bond motifs is 1. The maximum Gasteiger partial charge on any atom is 0.415 e. The first-order chi connectivity index (χ1) is 16.2. The molecule has 0 saturated carbocycles. The lowest BCUT2D eigenvalue weighted by atomic mass is 10.1. The highest BCUT2D eigenvalue weighted by Gasteiger charge is 2.54. The summed E-state index contributed by atoms with van der Waals surface area (Å²) in [5, 5.41) is 14.1. The predicted octanol–water partition coefficient (Wildman–Crippen LogP) is 0.413. The Morgan fingerprint density at radius 1 is 1.35 bits per heavy atom. The van der Waals surface area contributed by atoms with Gasteiger partial charge in [-0.15, -0.1) is 0 Å². The zero-order valence-corrected chi connectivity index (χ0v) is 19.1. The number of ether oxygens (including phenoxy) is 1. The van der Waals surface area contributed by atoms with Gasteiger partial charge in [0.1, 0.15) is 17.0 Å². The SMILES string of the molecule is CCCC(NC(=O)Oc1ccco1)C(=O)N1CCC2C1C(=O)CN2S(=O)(=O)c1ccc[n+]([O-])c1. The maximum atomic E-state index is 13.3. The summed E-state index contributed by atoms with van der Waals surface area (Å²) < 4.78 is 37.6. The molecule has 2 aliphatic rings. The van der Waals surface area contributed by atoms with Gasteiger partial charge in [-0.05, 0) is 25.0 Å². The molecular formula is C21H24N4O8S. The second-order valence-corrected chi connectivity index (χ2v) is 9.95. The minimum atomic E-state index is -4.12. The van der Waals surface area contributed by atoms with Crippen molar-refractivity contribution in [2.75, 3.05) is 13.1 Å². The highest BCUT2D eigenvalue weighted by atomic mass is 32.2. The zero-order valence-electron chi connectivity index (χ0n) is 18.3. The van der Waals surface area contributed by atoms with Gasteiger partial charge < -0.3 is 24.6 Å². The van der Waals surface area contributed by atoms with Gasteiger partial charge in [0.15, 0.2) is 18.2 Å². The van der Waals surface area contributed by atoms with Crippen molar-refractivity contribution < 1.29 is 36.7 Å². The molecule has 4 rings (SSSR count). The molecule has 34 heavy (non-hydrogen) atoms. The number of nitrogens with zero attached hydrogens (tertiary/aromatic N) is 3. The molecule has 2 saturated heterocycles. The van der Waals surface area contributed by atoms with E-state index in [4.69, 9.17) is 9.15 Å². The van der Waals surface area contributed by atoms with Gasteiger partial charge in [-0.25, -0.2) is 13.2 Å². The fourth-order valence-corrected chi connectivity index (χ4v) is 6.03. The van der Waals surface area contributed by atoms with Crippen LogP contribution in [0.2, 0.25) is 0 Å². The molecule has 3 atom stereocenters. The van der Waals surface area contributed by atoms with E-state index in [9.17, 15) is 28.0 Å². The van der Waals surface area contributed by atoms with Gasteiger partial charge in [-0.3, -0.25) is 9.59 Å². The lowest BCUT2D eigenvalue weighted by Crippen LogP contribution is -2.53. The summed E-state index contributed by atoms with van der Waals surface area (Å²) in [6, 6.07) is 2.89. The van der Waals surface area contributed by atoms with Crippen LogP contribution < -0.4 is 14.8 Å². The van der Waals surface area contributed by atoms with Crippen molar-refractivity contribution in [1.82, 2.24) is 14.5 Å². The number of rotatable bonds is 7. The van der Waals surface area contributed by atoms with E-state index in [1.165, 1.54) is 29.4 Å². The Bertz CT molecular complexity index is 1180. The first kappa shape index (κ1) is 23.7. The molecule has 2 aromatic rings. The summed E-state index contributed by atoms with van der Waals surface area (Å²) in [6.45, 7) is 1.59. The van der Waals surface area contributed by atoms with Gasteiger partial charge in [-0.2, -0.15) is 9.04 Å².